The van der Waals surface area contributed by atoms with Gasteiger partial charge in [-0.2, -0.15) is 0 Å². The van der Waals surface area contributed by atoms with Gasteiger partial charge in [0.05, 0.1) is 0 Å². The van der Waals surface area contributed by atoms with Crippen molar-refractivity contribution in [1.82, 2.24) is 9.55 Å². The maximum atomic E-state index is 14.3. The highest BCUT2D eigenvalue weighted by atomic mass is 19.1. The summed E-state index contributed by atoms with van der Waals surface area (Å²) in [6.45, 7) is 2.45. The zero-order chi connectivity index (χ0) is 14.2. The zero-order valence-corrected chi connectivity index (χ0v) is 10.7. The van der Waals surface area contributed by atoms with Crippen molar-refractivity contribution in [2.75, 3.05) is 6.67 Å². The molecule has 1 aliphatic heterocycles. The Bertz CT molecular complexity index is 565. The molecule has 1 fully saturated rings. The lowest BCUT2D eigenvalue weighted by atomic mass is 9.86. The van der Waals surface area contributed by atoms with Gasteiger partial charge in [0.1, 0.15) is 12.3 Å². The summed E-state index contributed by atoms with van der Waals surface area (Å²) in [6.07, 6.45) is -1.26. The van der Waals surface area contributed by atoms with Gasteiger partial charge in [0, 0.05) is 18.2 Å². The molecule has 4 atom stereocenters. The van der Waals surface area contributed by atoms with Crippen molar-refractivity contribution < 1.29 is 13.5 Å². The molecule has 7 heteroatoms. The van der Waals surface area contributed by atoms with Crippen molar-refractivity contribution in [1.29, 1.82) is 0 Å². The maximum Gasteiger partial charge on any atom is 0.330 e. The fraction of sp³-hybridized carbons (Fsp3) is 0.667. The van der Waals surface area contributed by atoms with Crippen molar-refractivity contribution in [2.45, 2.75) is 38.3 Å². The number of H-pyrrole nitrogens is 1. The molecule has 0 saturated carbocycles. The van der Waals surface area contributed by atoms with Gasteiger partial charge in [-0.15, -0.1) is 0 Å². The first-order valence-corrected chi connectivity index (χ1v) is 6.14. The number of hydrogen-bond acceptors (Lipinski definition) is 3. The van der Waals surface area contributed by atoms with E-state index in [0.717, 1.165) is 16.8 Å². The number of halogens is 2. The molecular formula is C12H16F2N2O3. The van der Waals surface area contributed by atoms with Gasteiger partial charge in [0.2, 0.25) is 0 Å². The largest absolute Gasteiger partial charge is 0.345 e. The van der Waals surface area contributed by atoms with Crippen molar-refractivity contribution in [3.63, 3.8) is 0 Å². The minimum Gasteiger partial charge on any atom is -0.345 e. The van der Waals surface area contributed by atoms with E-state index in [1.807, 2.05) is 4.98 Å². The van der Waals surface area contributed by atoms with Crippen LogP contribution >= 0.6 is 0 Å². The van der Waals surface area contributed by atoms with Gasteiger partial charge in [-0.1, -0.05) is 13.8 Å². The van der Waals surface area contributed by atoms with E-state index in [0.29, 0.717) is 6.42 Å². The Kier molecular flexibility index (Phi) is 3.58. The van der Waals surface area contributed by atoms with Crippen molar-refractivity contribution in [3.8, 4) is 0 Å². The van der Waals surface area contributed by atoms with E-state index in [9.17, 15) is 18.4 Å². The summed E-state index contributed by atoms with van der Waals surface area (Å²) in [5, 5.41) is 0. The van der Waals surface area contributed by atoms with Crippen molar-refractivity contribution in [2.24, 2.45) is 5.92 Å². The predicted molar refractivity (Wildman–Crippen MR) is 64.5 cm³/mol. The monoisotopic (exact) mass is 274 g/mol. The normalized spacial score (nSPS) is 34.6. The molecular weight excluding hydrogens is 258 g/mol. The van der Waals surface area contributed by atoms with Gasteiger partial charge in [-0.3, -0.25) is 14.3 Å². The number of aromatic nitrogens is 2. The first kappa shape index (κ1) is 13.9. The van der Waals surface area contributed by atoms with Crippen LogP contribution in [0.5, 0.6) is 0 Å². The van der Waals surface area contributed by atoms with Crippen LogP contribution in [0.25, 0.3) is 0 Å². The van der Waals surface area contributed by atoms with Gasteiger partial charge >= 0.3 is 5.69 Å². The second-order valence-corrected chi connectivity index (χ2v) is 4.81. The Morgan fingerprint density at radius 1 is 1.53 bits per heavy atom. The minimum atomic E-state index is -1.51. The zero-order valence-electron chi connectivity index (χ0n) is 10.7. The Hall–Kier alpha value is -1.50. The molecule has 0 aromatic carbocycles. The van der Waals surface area contributed by atoms with Gasteiger partial charge in [-0.05, 0) is 6.42 Å². The lowest BCUT2D eigenvalue weighted by Crippen LogP contribution is -2.37. The van der Waals surface area contributed by atoms with Crippen LogP contribution in [0.4, 0.5) is 8.78 Å². The number of alkyl halides is 2. The summed E-state index contributed by atoms with van der Waals surface area (Å²) in [6, 6.07) is 1.10. The molecule has 0 unspecified atom stereocenters. The third-order valence-electron chi connectivity index (χ3n) is 3.89. The van der Waals surface area contributed by atoms with E-state index in [-0.39, 0.29) is 0 Å². The van der Waals surface area contributed by atoms with Gasteiger partial charge in [0.25, 0.3) is 5.56 Å². The Labute approximate surface area is 108 Å². The SMILES string of the molecule is CC[C@@]1(CF)O[C@@H](n2ccc(=O)[nH]c2=O)[C@H](F)[C@@H]1C. The summed E-state index contributed by atoms with van der Waals surface area (Å²) in [7, 11) is 0. The molecule has 2 rings (SSSR count). The molecule has 1 saturated heterocycles. The van der Waals surface area contributed by atoms with Crippen LogP contribution in [0.15, 0.2) is 21.9 Å². The number of rotatable bonds is 3. The van der Waals surface area contributed by atoms with Crippen LogP contribution in [-0.4, -0.2) is 28.0 Å². The third-order valence-corrected chi connectivity index (χ3v) is 3.89. The van der Waals surface area contributed by atoms with Crippen LogP contribution in [0.3, 0.4) is 0 Å². The molecule has 1 aromatic heterocycles. The van der Waals surface area contributed by atoms with Crippen LogP contribution in [-0.2, 0) is 4.74 Å². The number of ether oxygens (including phenoxy) is 1. The minimum absolute atomic E-state index is 0.305. The lowest BCUT2D eigenvalue weighted by molar-refractivity contribution is -0.102. The standard InChI is InChI=1S/C12H16F2N2O3/c1-3-12(6-13)7(2)9(14)10(19-12)16-5-4-8(17)15-11(16)18/h4-5,7,9-10H,3,6H2,1-2H3,(H,15,17,18)/t7-,9+,10+,12-/m0/s1. The Morgan fingerprint density at radius 2 is 2.21 bits per heavy atom. The first-order valence-electron chi connectivity index (χ1n) is 6.14. The molecule has 0 spiro atoms. The van der Waals surface area contributed by atoms with Crippen molar-refractivity contribution in [3.05, 3.63) is 33.1 Å². The highest BCUT2D eigenvalue weighted by molar-refractivity contribution is 4.99. The van der Waals surface area contributed by atoms with E-state index in [1.165, 1.54) is 0 Å². The average molecular weight is 274 g/mol. The summed E-state index contributed by atoms with van der Waals surface area (Å²) in [5.41, 5.74) is -2.56. The second kappa shape index (κ2) is 4.88. The van der Waals surface area contributed by atoms with Crippen LogP contribution < -0.4 is 11.2 Å². The third kappa shape index (κ3) is 2.11. The molecule has 5 nitrogen and oxygen atoms in total. The molecule has 0 bridgehead atoms. The predicted octanol–water partition coefficient (Wildman–Crippen LogP) is 1.16. The fourth-order valence-electron chi connectivity index (χ4n) is 2.44. The van der Waals surface area contributed by atoms with Gasteiger partial charge in [0.15, 0.2) is 12.4 Å². The number of nitrogens with one attached hydrogen (secondary N) is 1. The molecule has 19 heavy (non-hydrogen) atoms. The fourth-order valence-corrected chi connectivity index (χ4v) is 2.44. The average Bonchev–Trinajstić information content (AvgIpc) is 2.64. The van der Waals surface area contributed by atoms with E-state index in [1.54, 1.807) is 13.8 Å². The summed E-state index contributed by atoms with van der Waals surface area (Å²) in [5.74, 6) is -0.675. The topological polar surface area (TPSA) is 64.1 Å². The highest BCUT2D eigenvalue weighted by Crippen LogP contribution is 2.44. The molecule has 0 radical (unpaired) electrons. The highest BCUT2D eigenvalue weighted by Gasteiger charge is 2.53. The van der Waals surface area contributed by atoms with E-state index in [4.69, 9.17) is 4.74 Å². The number of aromatic amines is 1. The molecule has 1 N–H and O–H groups in total. The van der Waals surface area contributed by atoms with Gasteiger partial charge < -0.3 is 4.74 Å². The lowest BCUT2D eigenvalue weighted by Gasteiger charge is -2.28. The summed E-state index contributed by atoms with van der Waals surface area (Å²) >= 11 is 0. The van der Waals surface area contributed by atoms with Crippen molar-refractivity contribution >= 4 is 0 Å². The number of nitrogens with zero attached hydrogens (tertiary/aromatic N) is 1. The Morgan fingerprint density at radius 3 is 2.68 bits per heavy atom. The maximum absolute atomic E-state index is 14.3. The van der Waals surface area contributed by atoms with Gasteiger partial charge in [-0.25, -0.2) is 13.6 Å². The molecule has 1 aliphatic rings. The summed E-state index contributed by atoms with van der Waals surface area (Å²) < 4.78 is 33.9. The van der Waals surface area contributed by atoms with E-state index in [2.05, 4.69) is 0 Å². The quantitative estimate of drug-likeness (QED) is 0.899. The van der Waals surface area contributed by atoms with Crippen LogP contribution in [0, 0.1) is 5.92 Å². The molecule has 0 aliphatic carbocycles. The number of hydrogen-bond donors (Lipinski definition) is 1. The summed E-state index contributed by atoms with van der Waals surface area (Å²) in [4.78, 5) is 24.6. The van der Waals surface area contributed by atoms with Crippen LogP contribution in [0.1, 0.15) is 26.5 Å². The molecule has 106 valence electrons. The molecule has 2 heterocycles. The van der Waals surface area contributed by atoms with E-state index >= 15 is 0 Å². The van der Waals surface area contributed by atoms with E-state index < -0.39 is 41.8 Å². The Balaban J connectivity index is 2.42. The molecule has 1 aromatic rings. The smallest absolute Gasteiger partial charge is 0.330 e. The first-order chi connectivity index (χ1) is 8.95. The van der Waals surface area contributed by atoms with Crippen LogP contribution in [0.2, 0.25) is 0 Å². The molecule has 0 amide bonds. The second-order valence-electron chi connectivity index (χ2n) is 4.81.